The molecule has 0 spiro atoms. The fraction of sp³-hybridized carbons (Fsp3) is 0.314. The van der Waals surface area contributed by atoms with Gasteiger partial charge in [-0.25, -0.2) is 0 Å². The Morgan fingerprint density at radius 3 is 2.55 bits per heavy atom. The van der Waals surface area contributed by atoms with Gasteiger partial charge in [-0.1, -0.05) is 79.3 Å². The van der Waals surface area contributed by atoms with Crippen LogP contribution in [-0.2, 0) is 15.3 Å². The summed E-state index contributed by atoms with van der Waals surface area (Å²) in [6.07, 6.45) is 3.02. The summed E-state index contributed by atoms with van der Waals surface area (Å²) in [6, 6.07) is 19.2. The highest BCUT2D eigenvalue weighted by molar-refractivity contribution is 8.00. The maximum atomic E-state index is 13.8. The summed E-state index contributed by atoms with van der Waals surface area (Å²) in [6.45, 7) is 5.68. The summed E-state index contributed by atoms with van der Waals surface area (Å²) in [4.78, 5) is 28.9. The van der Waals surface area contributed by atoms with Crippen molar-refractivity contribution in [3.63, 3.8) is 0 Å². The number of anilines is 1. The third-order valence-corrected chi connectivity index (χ3v) is 9.78. The number of ether oxygens (including phenoxy) is 4. The molecular weight excluding hydrogens is 639 g/mol. The molecule has 10 nitrogen and oxygen atoms in total. The first kappa shape index (κ1) is 32.4. The zero-order valence-corrected chi connectivity index (χ0v) is 27.8. The van der Waals surface area contributed by atoms with Gasteiger partial charge in [0.1, 0.15) is 19.0 Å². The molecule has 1 amide bonds. The highest BCUT2D eigenvalue weighted by atomic mass is 32.2. The minimum Gasteiger partial charge on any atom is -0.507 e. The summed E-state index contributed by atoms with van der Waals surface area (Å²) in [5.41, 5.74) is 1.89. The molecule has 1 unspecified atom stereocenters. The monoisotopic (exact) mass is 673 g/mol. The first-order chi connectivity index (χ1) is 23.0. The van der Waals surface area contributed by atoms with Crippen molar-refractivity contribution < 1.29 is 33.6 Å². The number of Topliss-reactive ketones (excluding diaryl/α,β-unsaturated/α-hetero) is 1. The summed E-state index contributed by atoms with van der Waals surface area (Å²) < 4.78 is 24.0. The van der Waals surface area contributed by atoms with Crippen molar-refractivity contribution in [3.8, 4) is 23.0 Å². The minimum atomic E-state index is -1.02. The molecule has 0 bridgehead atoms. The number of unbranched alkanes of at least 4 members (excludes halogenated alkanes) is 2. The molecule has 2 aliphatic rings. The molecule has 47 heavy (non-hydrogen) atoms. The number of ketones is 1. The van der Waals surface area contributed by atoms with E-state index >= 15 is 0 Å². The molecular formula is C35H35N3O7S2. The number of amides is 1. The Balaban J connectivity index is 1.41. The van der Waals surface area contributed by atoms with E-state index in [1.165, 1.54) is 28.0 Å². The zero-order chi connectivity index (χ0) is 32.8. The van der Waals surface area contributed by atoms with Crippen LogP contribution >= 0.6 is 23.1 Å². The van der Waals surface area contributed by atoms with Crippen LogP contribution in [0.15, 0.2) is 76.6 Å². The van der Waals surface area contributed by atoms with Gasteiger partial charge in [-0.2, -0.15) is 0 Å². The second kappa shape index (κ2) is 14.9. The first-order valence-electron chi connectivity index (χ1n) is 15.6. The third kappa shape index (κ3) is 7.08. The number of aliphatic hydroxyl groups is 1. The molecule has 2 aliphatic heterocycles. The van der Waals surface area contributed by atoms with E-state index in [0.717, 1.165) is 24.8 Å². The Labute approximate surface area is 281 Å². The van der Waals surface area contributed by atoms with Crippen LogP contribution in [0.5, 0.6) is 23.0 Å². The summed E-state index contributed by atoms with van der Waals surface area (Å²) >= 11 is 2.70. The van der Waals surface area contributed by atoms with Crippen molar-refractivity contribution in [1.82, 2.24) is 10.2 Å². The van der Waals surface area contributed by atoms with Gasteiger partial charge in [0.2, 0.25) is 5.13 Å². The molecule has 3 aromatic carbocycles. The molecule has 12 heteroatoms. The van der Waals surface area contributed by atoms with Crippen molar-refractivity contribution in [1.29, 1.82) is 0 Å². The smallest absolute Gasteiger partial charge is 0.301 e. The predicted octanol–water partition coefficient (Wildman–Crippen LogP) is 7.20. The van der Waals surface area contributed by atoms with Crippen LogP contribution in [0.2, 0.25) is 0 Å². The molecule has 244 valence electrons. The van der Waals surface area contributed by atoms with Gasteiger partial charge in [0, 0.05) is 11.3 Å². The van der Waals surface area contributed by atoms with E-state index in [1.54, 1.807) is 36.4 Å². The Morgan fingerprint density at radius 1 is 0.957 bits per heavy atom. The van der Waals surface area contributed by atoms with Crippen LogP contribution in [0.3, 0.4) is 0 Å². The van der Waals surface area contributed by atoms with Gasteiger partial charge in [-0.3, -0.25) is 14.5 Å². The van der Waals surface area contributed by atoms with Crippen LogP contribution in [0.25, 0.3) is 5.76 Å². The van der Waals surface area contributed by atoms with Crippen molar-refractivity contribution in [3.05, 3.63) is 89.0 Å². The SMILES string of the molecule is CCCCCOc1ccc(C2/C(=C(\O)c3ccc4c(c3)OCCO4)C(=O)C(=O)N2c2nnc(SCc3ccccc3)s2)cc1OCC. The van der Waals surface area contributed by atoms with E-state index in [0.29, 0.717) is 70.6 Å². The average Bonchev–Trinajstić information content (AvgIpc) is 3.67. The number of rotatable bonds is 13. The number of hydrogen-bond donors (Lipinski definition) is 1. The van der Waals surface area contributed by atoms with Crippen molar-refractivity contribution in [2.45, 2.75) is 49.2 Å². The largest absolute Gasteiger partial charge is 0.507 e. The van der Waals surface area contributed by atoms with E-state index in [2.05, 4.69) is 17.1 Å². The van der Waals surface area contributed by atoms with E-state index < -0.39 is 17.7 Å². The van der Waals surface area contributed by atoms with E-state index in [4.69, 9.17) is 18.9 Å². The fourth-order valence-corrected chi connectivity index (χ4v) is 7.21. The number of fused-ring (bicyclic) bond motifs is 1. The third-order valence-electron chi connectivity index (χ3n) is 7.66. The van der Waals surface area contributed by atoms with Gasteiger partial charge in [0.05, 0.1) is 24.8 Å². The van der Waals surface area contributed by atoms with E-state index in [9.17, 15) is 14.7 Å². The molecule has 1 N–H and O–H groups in total. The lowest BCUT2D eigenvalue weighted by Gasteiger charge is -2.24. The lowest BCUT2D eigenvalue weighted by molar-refractivity contribution is -0.132. The number of carbonyl (C=O) groups excluding carboxylic acids is 2. The average molecular weight is 674 g/mol. The number of nitrogens with zero attached hydrogens (tertiary/aromatic N) is 3. The van der Waals surface area contributed by atoms with E-state index in [-0.39, 0.29) is 16.5 Å². The topological polar surface area (TPSA) is 120 Å². The number of hydrogen-bond acceptors (Lipinski definition) is 11. The van der Waals surface area contributed by atoms with Crippen molar-refractivity contribution in [2.24, 2.45) is 0 Å². The fourth-order valence-electron chi connectivity index (χ4n) is 5.39. The van der Waals surface area contributed by atoms with Crippen molar-refractivity contribution >= 4 is 45.7 Å². The summed E-state index contributed by atoms with van der Waals surface area (Å²) in [5.74, 6) is 0.687. The highest BCUT2D eigenvalue weighted by Gasteiger charge is 2.48. The van der Waals surface area contributed by atoms with Crippen LogP contribution in [-0.4, -0.2) is 53.4 Å². The quantitative estimate of drug-likeness (QED) is 0.0390. The Hall–Kier alpha value is -4.55. The normalized spacial score (nSPS) is 16.8. The van der Waals surface area contributed by atoms with Gasteiger partial charge < -0.3 is 24.1 Å². The van der Waals surface area contributed by atoms with E-state index in [1.807, 2.05) is 37.3 Å². The maximum Gasteiger partial charge on any atom is 0.301 e. The van der Waals surface area contributed by atoms with Crippen LogP contribution in [0.1, 0.15) is 55.8 Å². The summed E-state index contributed by atoms with van der Waals surface area (Å²) in [5, 5.41) is 20.6. The molecule has 1 fully saturated rings. The molecule has 0 radical (unpaired) electrons. The Morgan fingerprint density at radius 2 is 1.77 bits per heavy atom. The molecule has 3 heterocycles. The molecule has 6 rings (SSSR count). The number of carbonyl (C=O) groups is 2. The highest BCUT2D eigenvalue weighted by Crippen LogP contribution is 2.46. The Bertz CT molecular complexity index is 1780. The van der Waals surface area contributed by atoms with Gasteiger partial charge in [0.25, 0.3) is 5.78 Å². The summed E-state index contributed by atoms with van der Waals surface area (Å²) in [7, 11) is 0. The van der Waals surface area contributed by atoms with Gasteiger partial charge >= 0.3 is 5.91 Å². The van der Waals surface area contributed by atoms with Crippen molar-refractivity contribution in [2.75, 3.05) is 31.3 Å². The van der Waals surface area contributed by atoms with Gasteiger partial charge in [0.15, 0.2) is 27.3 Å². The minimum absolute atomic E-state index is 0.0839. The van der Waals surface area contributed by atoms with Gasteiger partial charge in [-0.15, -0.1) is 10.2 Å². The number of thioether (sulfide) groups is 1. The van der Waals surface area contributed by atoms with Crippen LogP contribution in [0, 0.1) is 0 Å². The molecule has 0 saturated carbocycles. The second-order valence-corrected chi connectivity index (χ2v) is 13.0. The van der Waals surface area contributed by atoms with Crippen LogP contribution < -0.4 is 23.8 Å². The maximum absolute atomic E-state index is 13.8. The Kier molecular flexibility index (Phi) is 10.3. The number of aromatic nitrogens is 2. The first-order valence-corrected chi connectivity index (χ1v) is 17.4. The number of benzene rings is 3. The van der Waals surface area contributed by atoms with Gasteiger partial charge in [-0.05, 0) is 54.8 Å². The zero-order valence-electron chi connectivity index (χ0n) is 26.1. The molecule has 1 saturated heterocycles. The number of aliphatic hydroxyl groups excluding tert-OH is 1. The lowest BCUT2D eigenvalue weighted by Crippen LogP contribution is -2.29. The standard InChI is InChI=1S/C35H35N3O7S2/c1-3-5-9-16-43-25-14-12-23(19-27(25)42-4-2)30-29(31(39)24-13-15-26-28(20-24)45-18-17-44-26)32(40)33(41)38(30)34-36-37-35(47-34)46-21-22-10-7-6-8-11-22/h6-8,10-15,19-20,30,39H,3-5,9,16-18,21H2,1-2H3/b31-29+. The predicted molar refractivity (Wildman–Crippen MR) is 181 cm³/mol. The lowest BCUT2D eigenvalue weighted by atomic mass is 9.95. The molecule has 1 atom stereocenters. The van der Waals surface area contributed by atoms with Crippen LogP contribution in [0.4, 0.5) is 5.13 Å². The molecule has 1 aromatic heterocycles. The molecule has 4 aromatic rings. The molecule has 0 aliphatic carbocycles. The second-order valence-electron chi connectivity index (χ2n) is 10.8.